The molecule has 5 nitrogen and oxygen atoms in total. The standard InChI is InChI=1S/C15H18N2O3/c1-19-15(18)8-14-11-17(6-7-20-14)10-13-5-3-2-4-12(13)9-16/h2-5,14H,6-8,10-11H2,1H3. The minimum Gasteiger partial charge on any atom is -0.469 e. The van der Waals surface area contributed by atoms with E-state index in [1.807, 2.05) is 24.3 Å². The summed E-state index contributed by atoms with van der Waals surface area (Å²) in [6.45, 7) is 2.77. The van der Waals surface area contributed by atoms with Crippen molar-refractivity contribution in [3.8, 4) is 6.07 Å². The average Bonchev–Trinajstić information content (AvgIpc) is 2.48. The predicted octanol–water partition coefficient (Wildman–Crippen LogP) is 1.32. The Kier molecular flexibility index (Phi) is 5.10. The first-order chi connectivity index (χ1) is 9.72. The fourth-order valence-corrected chi connectivity index (χ4v) is 2.32. The zero-order valence-electron chi connectivity index (χ0n) is 11.5. The van der Waals surface area contributed by atoms with E-state index in [1.165, 1.54) is 7.11 Å². The average molecular weight is 274 g/mol. The normalized spacial score (nSPS) is 19.3. The molecule has 1 heterocycles. The van der Waals surface area contributed by atoms with E-state index in [4.69, 9.17) is 10.00 Å². The topological polar surface area (TPSA) is 62.6 Å². The van der Waals surface area contributed by atoms with Crippen molar-refractivity contribution in [2.75, 3.05) is 26.8 Å². The van der Waals surface area contributed by atoms with Gasteiger partial charge < -0.3 is 9.47 Å². The summed E-state index contributed by atoms with van der Waals surface area (Å²) in [6.07, 6.45) is 0.137. The lowest BCUT2D eigenvalue weighted by molar-refractivity contribution is -0.145. The van der Waals surface area contributed by atoms with E-state index in [0.717, 1.165) is 12.1 Å². The smallest absolute Gasteiger partial charge is 0.308 e. The van der Waals surface area contributed by atoms with Gasteiger partial charge >= 0.3 is 5.97 Å². The van der Waals surface area contributed by atoms with E-state index < -0.39 is 0 Å². The largest absolute Gasteiger partial charge is 0.469 e. The lowest BCUT2D eigenvalue weighted by Gasteiger charge is -2.32. The molecule has 0 amide bonds. The number of hydrogen-bond acceptors (Lipinski definition) is 5. The fraction of sp³-hybridized carbons (Fsp3) is 0.467. The van der Waals surface area contributed by atoms with Crippen LogP contribution in [0, 0.1) is 11.3 Å². The van der Waals surface area contributed by atoms with Crippen molar-refractivity contribution >= 4 is 5.97 Å². The number of carbonyl (C=O) groups is 1. The van der Waals surface area contributed by atoms with Crippen LogP contribution >= 0.6 is 0 Å². The summed E-state index contributed by atoms with van der Waals surface area (Å²) in [4.78, 5) is 13.5. The summed E-state index contributed by atoms with van der Waals surface area (Å²) in [5.74, 6) is -0.255. The van der Waals surface area contributed by atoms with Gasteiger partial charge in [0.1, 0.15) is 0 Å². The summed E-state index contributed by atoms with van der Waals surface area (Å²) in [7, 11) is 1.38. The first kappa shape index (κ1) is 14.5. The minimum absolute atomic E-state index is 0.134. The fourth-order valence-electron chi connectivity index (χ4n) is 2.32. The van der Waals surface area contributed by atoms with Crippen LogP contribution in [0.15, 0.2) is 24.3 Å². The molecule has 1 fully saturated rings. The number of carbonyl (C=O) groups excluding carboxylic acids is 1. The maximum atomic E-state index is 11.3. The molecule has 1 aliphatic rings. The zero-order valence-corrected chi connectivity index (χ0v) is 11.5. The van der Waals surface area contributed by atoms with Gasteiger partial charge in [-0.3, -0.25) is 9.69 Å². The quantitative estimate of drug-likeness (QED) is 0.775. The first-order valence-corrected chi connectivity index (χ1v) is 6.61. The van der Waals surface area contributed by atoms with Crippen LogP contribution in [-0.4, -0.2) is 43.8 Å². The van der Waals surface area contributed by atoms with Gasteiger partial charge in [0.05, 0.1) is 37.9 Å². The second kappa shape index (κ2) is 7.04. The van der Waals surface area contributed by atoms with Gasteiger partial charge in [-0.15, -0.1) is 0 Å². The highest BCUT2D eigenvalue weighted by molar-refractivity contribution is 5.69. The molecule has 106 valence electrons. The number of nitrogens with zero attached hydrogens (tertiary/aromatic N) is 2. The molecule has 0 N–H and O–H groups in total. The van der Waals surface area contributed by atoms with Gasteiger partial charge in [0.2, 0.25) is 0 Å². The molecule has 1 aromatic carbocycles. The molecule has 0 spiro atoms. The van der Waals surface area contributed by atoms with Crippen LogP contribution in [0.4, 0.5) is 0 Å². The molecule has 0 bridgehead atoms. The molecule has 1 aliphatic heterocycles. The number of esters is 1. The Balaban J connectivity index is 1.96. The minimum atomic E-state index is -0.255. The molecular weight excluding hydrogens is 256 g/mol. The van der Waals surface area contributed by atoms with Crippen molar-refractivity contribution in [2.45, 2.75) is 19.1 Å². The Morgan fingerprint density at radius 3 is 3.10 bits per heavy atom. The van der Waals surface area contributed by atoms with Gasteiger partial charge in [-0.25, -0.2) is 0 Å². The lowest BCUT2D eigenvalue weighted by Crippen LogP contribution is -2.43. The number of ether oxygens (including phenoxy) is 2. The third-order valence-electron chi connectivity index (χ3n) is 3.38. The lowest BCUT2D eigenvalue weighted by atomic mass is 10.1. The highest BCUT2D eigenvalue weighted by Gasteiger charge is 2.23. The van der Waals surface area contributed by atoms with Crippen molar-refractivity contribution in [1.82, 2.24) is 4.90 Å². The summed E-state index contributed by atoms with van der Waals surface area (Å²) < 4.78 is 10.2. The van der Waals surface area contributed by atoms with Gasteiger partial charge in [0.15, 0.2) is 0 Å². The van der Waals surface area contributed by atoms with Gasteiger partial charge in [-0.2, -0.15) is 5.26 Å². The number of benzene rings is 1. The van der Waals surface area contributed by atoms with E-state index >= 15 is 0 Å². The number of nitriles is 1. The van der Waals surface area contributed by atoms with E-state index in [0.29, 0.717) is 25.3 Å². The Hall–Kier alpha value is -1.90. The Morgan fingerprint density at radius 1 is 1.55 bits per heavy atom. The highest BCUT2D eigenvalue weighted by Crippen LogP contribution is 2.15. The summed E-state index contributed by atoms with van der Waals surface area (Å²) in [5.41, 5.74) is 1.71. The van der Waals surface area contributed by atoms with Crippen LogP contribution in [-0.2, 0) is 20.8 Å². The van der Waals surface area contributed by atoms with E-state index in [-0.39, 0.29) is 18.5 Å². The van der Waals surface area contributed by atoms with Crippen molar-refractivity contribution in [2.24, 2.45) is 0 Å². The van der Waals surface area contributed by atoms with Crippen LogP contribution in [0.2, 0.25) is 0 Å². The molecule has 1 atom stereocenters. The summed E-state index contributed by atoms with van der Waals surface area (Å²) >= 11 is 0. The number of hydrogen-bond donors (Lipinski definition) is 0. The molecule has 0 aliphatic carbocycles. The Bertz CT molecular complexity index is 510. The van der Waals surface area contributed by atoms with E-state index in [2.05, 4.69) is 15.7 Å². The number of morpholine rings is 1. The van der Waals surface area contributed by atoms with Crippen molar-refractivity contribution < 1.29 is 14.3 Å². The molecule has 5 heteroatoms. The monoisotopic (exact) mass is 274 g/mol. The maximum absolute atomic E-state index is 11.3. The van der Waals surface area contributed by atoms with Crippen molar-refractivity contribution in [3.05, 3.63) is 35.4 Å². The predicted molar refractivity (Wildman–Crippen MR) is 72.8 cm³/mol. The third kappa shape index (κ3) is 3.80. The van der Waals surface area contributed by atoms with E-state index in [9.17, 15) is 4.79 Å². The molecule has 2 rings (SSSR count). The highest BCUT2D eigenvalue weighted by atomic mass is 16.5. The first-order valence-electron chi connectivity index (χ1n) is 6.61. The molecule has 20 heavy (non-hydrogen) atoms. The molecule has 0 radical (unpaired) electrons. The van der Waals surface area contributed by atoms with Crippen LogP contribution in [0.3, 0.4) is 0 Å². The SMILES string of the molecule is COC(=O)CC1CN(Cc2ccccc2C#N)CCO1. The number of rotatable bonds is 4. The van der Waals surface area contributed by atoms with Crippen LogP contribution in [0.5, 0.6) is 0 Å². The maximum Gasteiger partial charge on any atom is 0.308 e. The second-order valence-corrected chi connectivity index (χ2v) is 4.78. The molecule has 1 aromatic rings. The van der Waals surface area contributed by atoms with Crippen molar-refractivity contribution in [1.29, 1.82) is 5.26 Å². The molecule has 0 aromatic heterocycles. The van der Waals surface area contributed by atoms with Crippen molar-refractivity contribution in [3.63, 3.8) is 0 Å². The van der Waals surface area contributed by atoms with Gasteiger partial charge in [-0.05, 0) is 11.6 Å². The molecule has 1 unspecified atom stereocenters. The van der Waals surface area contributed by atoms with E-state index in [1.54, 1.807) is 0 Å². The summed E-state index contributed by atoms with van der Waals surface area (Å²) in [6, 6.07) is 9.78. The summed E-state index contributed by atoms with van der Waals surface area (Å²) in [5, 5.41) is 9.10. The molecule has 1 saturated heterocycles. The van der Waals surface area contributed by atoms with Crippen LogP contribution < -0.4 is 0 Å². The van der Waals surface area contributed by atoms with Crippen LogP contribution in [0.25, 0.3) is 0 Å². The zero-order chi connectivity index (χ0) is 14.4. The van der Waals surface area contributed by atoms with Gasteiger partial charge in [0, 0.05) is 19.6 Å². The Morgan fingerprint density at radius 2 is 2.35 bits per heavy atom. The molecule has 0 saturated carbocycles. The molecular formula is C15H18N2O3. The van der Waals surface area contributed by atoms with Gasteiger partial charge in [-0.1, -0.05) is 18.2 Å². The number of methoxy groups -OCH3 is 1. The second-order valence-electron chi connectivity index (χ2n) is 4.78. The Labute approximate surface area is 118 Å². The van der Waals surface area contributed by atoms with Gasteiger partial charge in [0.25, 0.3) is 0 Å². The third-order valence-corrected chi connectivity index (χ3v) is 3.38. The van der Waals surface area contributed by atoms with Crippen LogP contribution in [0.1, 0.15) is 17.5 Å².